The van der Waals surface area contributed by atoms with Gasteiger partial charge in [-0.3, -0.25) is 23.7 Å². The quantitative estimate of drug-likeness (QED) is 0.375. The van der Waals surface area contributed by atoms with Gasteiger partial charge in [0.15, 0.2) is 12.4 Å². The highest BCUT2D eigenvalue weighted by molar-refractivity contribution is 5.96. The molecule has 0 atom stereocenters. The van der Waals surface area contributed by atoms with Crippen LogP contribution in [0, 0.1) is 0 Å². The predicted octanol–water partition coefficient (Wildman–Crippen LogP) is 3.13. The lowest BCUT2D eigenvalue weighted by atomic mass is 10.2. The van der Waals surface area contributed by atoms with Crippen molar-refractivity contribution in [1.29, 1.82) is 0 Å². The fourth-order valence-corrected chi connectivity index (χ4v) is 4.53. The van der Waals surface area contributed by atoms with Crippen molar-refractivity contribution >= 4 is 29.2 Å². The van der Waals surface area contributed by atoms with Crippen molar-refractivity contribution in [3.8, 4) is 5.75 Å². The smallest absolute Gasteiger partial charge is 0.289 e. The topological polar surface area (TPSA) is 101 Å². The molecule has 0 spiro atoms. The molecule has 0 bridgehead atoms. The van der Waals surface area contributed by atoms with E-state index in [2.05, 4.69) is 4.98 Å². The summed E-state index contributed by atoms with van der Waals surface area (Å²) in [7, 11) is 1.68. The highest BCUT2D eigenvalue weighted by Crippen LogP contribution is 2.24. The van der Waals surface area contributed by atoms with Crippen LogP contribution in [-0.2, 0) is 11.2 Å². The Labute approximate surface area is 220 Å². The van der Waals surface area contributed by atoms with E-state index < -0.39 is 0 Å². The number of furan rings is 1. The molecular weight excluding hydrogens is 486 g/mol. The number of piperazine rings is 1. The zero-order valence-corrected chi connectivity index (χ0v) is 21.4. The Balaban J connectivity index is 1.31. The molecule has 1 saturated heterocycles. The number of aryl methyl sites for hydroxylation is 1. The number of anilines is 1. The summed E-state index contributed by atoms with van der Waals surface area (Å²) in [5.41, 5.74) is 1.87. The molecule has 10 nitrogen and oxygen atoms in total. The summed E-state index contributed by atoms with van der Waals surface area (Å²) in [5.74, 6) is 0.954. The monoisotopic (exact) mass is 515 g/mol. The zero-order chi connectivity index (χ0) is 26.6. The highest BCUT2D eigenvalue weighted by Gasteiger charge is 2.27. The summed E-state index contributed by atoms with van der Waals surface area (Å²) in [6.07, 6.45) is 3.81. The SMILES string of the molecule is CCc1nc2ccc(C(=O)N3CCN(C(=O)c4ccco4)CC3)cn2c1N(C)C(=O)COc1ccccc1. The minimum absolute atomic E-state index is 0.128. The maximum atomic E-state index is 13.4. The molecule has 10 heteroatoms. The number of hydrogen-bond donors (Lipinski definition) is 0. The summed E-state index contributed by atoms with van der Waals surface area (Å²) in [4.78, 5) is 48.5. The number of carbonyl (C=O) groups excluding carboxylic acids is 3. The lowest BCUT2D eigenvalue weighted by Gasteiger charge is -2.34. The first-order chi connectivity index (χ1) is 18.5. The van der Waals surface area contributed by atoms with Gasteiger partial charge >= 0.3 is 0 Å². The van der Waals surface area contributed by atoms with E-state index in [1.165, 1.54) is 11.2 Å². The number of para-hydroxylation sites is 1. The van der Waals surface area contributed by atoms with Gasteiger partial charge in [-0.05, 0) is 42.8 Å². The number of fused-ring (bicyclic) bond motifs is 1. The van der Waals surface area contributed by atoms with Crippen molar-refractivity contribution in [3.05, 3.63) is 84.1 Å². The molecule has 0 N–H and O–H groups in total. The number of carbonyl (C=O) groups is 3. The zero-order valence-electron chi connectivity index (χ0n) is 21.4. The fourth-order valence-electron chi connectivity index (χ4n) is 4.53. The number of benzene rings is 1. The van der Waals surface area contributed by atoms with E-state index in [9.17, 15) is 14.4 Å². The van der Waals surface area contributed by atoms with Crippen LogP contribution in [0.25, 0.3) is 5.65 Å². The number of ether oxygens (including phenoxy) is 1. The number of likely N-dealkylation sites (N-methyl/N-ethyl adjacent to an activating group) is 1. The molecule has 1 fully saturated rings. The van der Waals surface area contributed by atoms with Crippen LogP contribution >= 0.6 is 0 Å². The summed E-state index contributed by atoms with van der Waals surface area (Å²) in [6, 6.07) is 16.0. The van der Waals surface area contributed by atoms with Gasteiger partial charge in [0, 0.05) is 39.4 Å². The predicted molar refractivity (Wildman–Crippen MR) is 140 cm³/mol. The molecule has 0 saturated carbocycles. The van der Waals surface area contributed by atoms with Gasteiger partial charge in [-0.15, -0.1) is 0 Å². The molecule has 0 unspecified atom stereocenters. The molecule has 1 aromatic carbocycles. The van der Waals surface area contributed by atoms with E-state index in [4.69, 9.17) is 9.15 Å². The first-order valence-electron chi connectivity index (χ1n) is 12.5. The van der Waals surface area contributed by atoms with Gasteiger partial charge in [0.05, 0.1) is 17.5 Å². The molecule has 38 heavy (non-hydrogen) atoms. The number of aromatic nitrogens is 2. The van der Waals surface area contributed by atoms with Crippen molar-refractivity contribution in [3.63, 3.8) is 0 Å². The summed E-state index contributed by atoms with van der Waals surface area (Å²) < 4.78 is 12.6. The van der Waals surface area contributed by atoms with Gasteiger partial charge < -0.3 is 19.0 Å². The van der Waals surface area contributed by atoms with Gasteiger partial charge in [0.2, 0.25) is 0 Å². The number of hydrogen-bond acceptors (Lipinski definition) is 6. The van der Waals surface area contributed by atoms with E-state index in [1.807, 2.05) is 25.1 Å². The summed E-state index contributed by atoms with van der Waals surface area (Å²) >= 11 is 0. The third-order valence-electron chi connectivity index (χ3n) is 6.63. The molecule has 4 aromatic rings. The normalized spacial score (nSPS) is 13.5. The number of rotatable bonds is 7. The number of nitrogens with zero attached hydrogens (tertiary/aromatic N) is 5. The molecule has 1 aliphatic heterocycles. The van der Waals surface area contributed by atoms with Crippen LogP contribution in [0.2, 0.25) is 0 Å². The Bertz CT molecular complexity index is 1440. The highest BCUT2D eigenvalue weighted by atomic mass is 16.5. The van der Waals surface area contributed by atoms with E-state index in [1.54, 1.807) is 63.8 Å². The summed E-state index contributed by atoms with van der Waals surface area (Å²) in [6.45, 7) is 3.51. The number of imidazole rings is 1. The van der Waals surface area contributed by atoms with Crippen molar-refractivity contribution in [2.24, 2.45) is 0 Å². The van der Waals surface area contributed by atoms with Gasteiger partial charge in [-0.1, -0.05) is 25.1 Å². The van der Waals surface area contributed by atoms with E-state index in [0.29, 0.717) is 61.1 Å². The third kappa shape index (κ3) is 4.97. The second-order valence-corrected chi connectivity index (χ2v) is 9.00. The van der Waals surface area contributed by atoms with Crippen LogP contribution in [-0.4, -0.2) is 76.7 Å². The van der Waals surface area contributed by atoms with Gasteiger partial charge in [0.1, 0.15) is 17.2 Å². The van der Waals surface area contributed by atoms with Crippen LogP contribution in [0.5, 0.6) is 5.75 Å². The minimum Gasteiger partial charge on any atom is -0.484 e. The molecule has 4 heterocycles. The molecule has 196 valence electrons. The molecule has 0 aliphatic carbocycles. The van der Waals surface area contributed by atoms with Crippen LogP contribution in [0.15, 0.2) is 71.5 Å². The molecular formula is C28H29N5O5. The number of pyridine rings is 1. The lowest BCUT2D eigenvalue weighted by Crippen LogP contribution is -2.50. The average molecular weight is 516 g/mol. The van der Waals surface area contributed by atoms with Crippen molar-refractivity contribution in [2.75, 3.05) is 44.7 Å². The van der Waals surface area contributed by atoms with Crippen LogP contribution < -0.4 is 9.64 Å². The molecule has 3 amide bonds. The van der Waals surface area contributed by atoms with Crippen LogP contribution in [0.1, 0.15) is 33.5 Å². The van der Waals surface area contributed by atoms with Gasteiger partial charge in [0.25, 0.3) is 17.7 Å². The van der Waals surface area contributed by atoms with E-state index >= 15 is 0 Å². The third-order valence-corrected chi connectivity index (χ3v) is 6.63. The lowest BCUT2D eigenvalue weighted by molar-refractivity contribution is -0.120. The second kappa shape index (κ2) is 10.8. The first kappa shape index (κ1) is 25.1. The Morgan fingerprint density at radius 2 is 1.66 bits per heavy atom. The van der Waals surface area contributed by atoms with Gasteiger partial charge in [-0.2, -0.15) is 0 Å². The molecule has 3 aromatic heterocycles. The van der Waals surface area contributed by atoms with Crippen LogP contribution in [0.3, 0.4) is 0 Å². The second-order valence-electron chi connectivity index (χ2n) is 9.00. The first-order valence-corrected chi connectivity index (χ1v) is 12.5. The molecule has 5 rings (SSSR count). The van der Waals surface area contributed by atoms with Gasteiger partial charge in [-0.25, -0.2) is 4.98 Å². The largest absolute Gasteiger partial charge is 0.484 e. The van der Waals surface area contributed by atoms with Crippen LogP contribution in [0.4, 0.5) is 5.82 Å². The molecule has 0 radical (unpaired) electrons. The average Bonchev–Trinajstić information content (AvgIpc) is 3.63. The van der Waals surface area contributed by atoms with Crippen molar-refractivity contribution in [1.82, 2.24) is 19.2 Å². The summed E-state index contributed by atoms with van der Waals surface area (Å²) in [5, 5.41) is 0. The van der Waals surface area contributed by atoms with Crippen molar-refractivity contribution in [2.45, 2.75) is 13.3 Å². The Hall–Kier alpha value is -4.60. The minimum atomic E-state index is -0.237. The fraction of sp³-hybridized carbons (Fsp3) is 0.286. The maximum absolute atomic E-state index is 13.4. The van der Waals surface area contributed by atoms with E-state index in [-0.39, 0.29) is 24.3 Å². The number of amides is 3. The maximum Gasteiger partial charge on any atom is 0.289 e. The Kier molecular flexibility index (Phi) is 7.12. The standard InChI is InChI=1S/C28H29N5O5/c1-3-22-26(30(2)25(34)19-38-21-8-5-4-6-9-21)33-18-20(11-12-24(33)29-22)27(35)31-13-15-32(16-14-31)28(36)23-10-7-17-37-23/h4-12,17-18H,3,13-16,19H2,1-2H3. The van der Waals surface area contributed by atoms with Crippen molar-refractivity contribution < 1.29 is 23.5 Å². The van der Waals surface area contributed by atoms with E-state index in [0.717, 1.165) is 5.69 Å². The molecule has 1 aliphatic rings. The Morgan fingerprint density at radius 3 is 2.32 bits per heavy atom. The Morgan fingerprint density at radius 1 is 0.947 bits per heavy atom.